The first kappa shape index (κ1) is 16.6. The minimum absolute atomic E-state index is 0.200. The minimum atomic E-state index is -0.362. The van der Waals surface area contributed by atoms with Crippen LogP contribution in [0.25, 0.3) is 10.9 Å². The fourth-order valence-electron chi connectivity index (χ4n) is 4.49. The molecule has 0 amide bonds. The number of H-pyrrole nitrogens is 1. The van der Waals surface area contributed by atoms with Crippen LogP contribution in [-0.2, 0) is 11.2 Å². The number of ketones is 1. The van der Waals surface area contributed by atoms with E-state index in [-0.39, 0.29) is 28.9 Å². The van der Waals surface area contributed by atoms with E-state index in [9.17, 15) is 9.18 Å². The second-order valence-electron chi connectivity index (χ2n) is 7.74. The topological polar surface area (TPSA) is 32.9 Å². The van der Waals surface area contributed by atoms with Gasteiger partial charge in [-0.2, -0.15) is 0 Å². The fraction of sp³-hybridized carbons (Fsp3) is 0.261. The number of Topliss-reactive ketones (excluding diaryl/α,β-unsaturated/α-hetero) is 1. The maximum absolute atomic E-state index is 13.5. The van der Waals surface area contributed by atoms with Crippen molar-refractivity contribution in [3.8, 4) is 12.3 Å². The normalized spacial score (nSPS) is 21.2. The molecule has 2 nitrogen and oxygen atoms in total. The Hall–Kier alpha value is -2.86. The van der Waals surface area contributed by atoms with E-state index in [4.69, 9.17) is 6.42 Å². The molecule has 0 unspecified atom stereocenters. The number of carbonyl (C=O) groups is 1. The number of fused-ring (bicyclic) bond motifs is 3. The molecule has 1 aliphatic carbocycles. The molecule has 1 heterocycles. The summed E-state index contributed by atoms with van der Waals surface area (Å²) in [4.78, 5) is 16.2. The number of benzene rings is 2. The third-order valence-corrected chi connectivity index (χ3v) is 5.62. The lowest BCUT2D eigenvalue weighted by atomic mass is 9.60. The van der Waals surface area contributed by atoms with Crippen molar-refractivity contribution in [1.29, 1.82) is 0 Å². The minimum Gasteiger partial charge on any atom is -0.358 e. The van der Waals surface area contributed by atoms with Gasteiger partial charge in [0.05, 0.1) is 0 Å². The Balaban J connectivity index is 2.01. The van der Waals surface area contributed by atoms with E-state index in [2.05, 4.69) is 30.8 Å². The highest BCUT2D eigenvalue weighted by Gasteiger charge is 2.47. The smallest absolute Gasteiger partial charge is 0.209 e. The Kier molecular flexibility index (Phi) is 3.73. The van der Waals surface area contributed by atoms with E-state index < -0.39 is 0 Å². The van der Waals surface area contributed by atoms with Crippen molar-refractivity contribution in [1.82, 2.24) is 4.98 Å². The Bertz CT molecular complexity index is 1040. The molecule has 1 aromatic heterocycles. The average Bonchev–Trinajstić information content (AvgIpc) is 2.98. The van der Waals surface area contributed by atoms with Crippen LogP contribution in [0.1, 0.15) is 36.6 Å². The Morgan fingerprint density at radius 1 is 1.19 bits per heavy atom. The van der Waals surface area contributed by atoms with Crippen LogP contribution in [-0.4, -0.2) is 10.8 Å². The zero-order valence-electron chi connectivity index (χ0n) is 14.8. The van der Waals surface area contributed by atoms with Gasteiger partial charge in [-0.05, 0) is 47.1 Å². The van der Waals surface area contributed by atoms with Crippen molar-refractivity contribution >= 4 is 16.7 Å². The maximum atomic E-state index is 13.5. The summed E-state index contributed by atoms with van der Waals surface area (Å²) in [5.74, 6) is 1.27. The zero-order valence-corrected chi connectivity index (χ0v) is 14.8. The molecule has 0 bridgehead atoms. The molecule has 2 atom stereocenters. The molecule has 3 aromatic rings. The van der Waals surface area contributed by atoms with Gasteiger partial charge in [0, 0.05) is 28.4 Å². The number of aromatic amines is 1. The largest absolute Gasteiger partial charge is 0.358 e. The highest BCUT2D eigenvalue weighted by atomic mass is 19.1. The molecule has 3 heteroatoms. The molecule has 0 saturated carbocycles. The first-order chi connectivity index (χ1) is 12.4. The van der Waals surface area contributed by atoms with Crippen LogP contribution in [0.15, 0.2) is 48.5 Å². The van der Waals surface area contributed by atoms with Crippen molar-refractivity contribution in [3.63, 3.8) is 0 Å². The number of halogens is 1. The average molecular weight is 345 g/mol. The summed E-state index contributed by atoms with van der Waals surface area (Å²) < 4.78 is 13.5. The predicted molar refractivity (Wildman–Crippen MR) is 101 cm³/mol. The van der Waals surface area contributed by atoms with Gasteiger partial charge < -0.3 is 4.98 Å². The summed E-state index contributed by atoms with van der Waals surface area (Å²) in [6, 6.07) is 14.6. The summed E-state index contributed by atoms with van der Waals surface area (Å²) >= 11 is 0. The highest BCUT2D eigenvalue weighted by molar-refractivity contribution is 5.99. The third-order valence-electron chi connectivity index (χ3n) is 5.62. The van der Waals surface area contributed by atoms with Gasteiger partial charge in [-0.1, -0.05) is 44.2 Å². The van der Waals surface area contributed by atoms with Crippen LogP contribution in [0.2, 0.25) is 0 Å². The lowest BCUT2D eigenvalue weighted by Gasteiger charge is -2.42. The first-order valence-electron chi connectivity index (χ1n) is 8.78. The molecule has 4 rings (SSSR count). The van der Waals surface area contributed by atoms with Gasteiger partial charge >= 0.3 is 0 Å². The van der Waals surface area contributed by atoms with Crippen LogP contribution >= 0.6 is 0 Å². The Morgan fingerprint density at radius 2 is 1.88 bits per heavy atom. The van der Waals surface area contributed by atoms with E-state index in [1.807, 2.05) is 18.2 Å². The van der Waals surface area contributed by atoms with Gasteiger partial charge in [-0.15, -0.1) is 6.42 Å². The Labute approximate surface area is 152 Å². The molecule has 130 valence electrons. The van der Waals surface area contributed by atoms with Gasteiger partial charge in [0.25, 0.3) is 0 Å². The number of hydrogen-bond acceptors (Lipinski definition) is 1. The monoisotopic (exact) mass is 345 g/mol. The van der Waals surface area contributed by atoms with Crippen molar-refractivity contribution < 1.29 is 9.18 Å². The maximum Gasteiger partial charge on any atom is 0.209 e. The van der Waals surface area contributed by atoms with Crippen LogP contribution in [0, 0.1) is 29.5 Å². The van der Waals surface area contributed by atoms with Gasteiger partial charge in [0.1, 0.15) is 5.82 Å². The van der Waals surface area contributed by atoms with Crippen LogP contribution in [0.3, 0.4) is 0 Å². The van der Waals surface area contributed by atoms with E-state index >= 15 is 0 Å². The fourth-order valence-corrected chi connectivity index (χ4v) is 4.49. The van der Waals surface area contributed by atoms with Gasteiger partial charge in [0.15, 0.2) is 0 Å². The molecular weight excluding hydrogens is 325 g/mol. The molecule has 0 radical (unpaired) electrons. The zero-order chi connectivity index (χ0) is 18.5. The molecule has 0 saturated heterocycles. The first-order valence-corrected chi connectivity index (χ1v) is 8.78. The van der Waals surface area contributed by atoms with Crippen molar-refractivity contribution in [2.75, 3.05) is 0 Å². The van der Waals surface area contributed by atoms with Crippen LogP contribution < -0.4 is 0 Å². The van der Waals surface area contributed by atoms with Gasteiger partial charge in [-0.3, -0.25) is 4.79 Å². The SMILES string of the molecule is C#CC(=O)[C@@H]1[C@@H](c2ccc(F)cc2)c2[nH]c3ccccc3c2CC1(C)C. The number of aromatic nitrogens is 1. The van der Waals surface area contributed by atoms with E-state index in [1.165, 1.54) is 23.1 Å². The number of terminal acetylenes is 1. The van der Waals surface area contributed by atoms with Gasteiger partial charge in [0.2, 0.25) is 5.78 Å². The molecule has 2 aromatic carbocycles. The number of para-hydroxylation sites is 1. The molecule has 1 aliphatic rings. The summed E-state index contributed by atoms with van der Waals surface area (Å²) in [5.41, 5.74) is 3.89. The molecule has 0 fully saturated rings. The third kappa shape index (κ3) is 2.45. The van der Waals surface area contributed by atoms with Crippen LogP contribution in [0.4, 0.5) is 4.39 Å². The predicted octanol–water partition coefficient (Wildman–Crippen LogP) is 4.84. The Morgan fingerprint density at radius 3 is 2.58 bits per heavy atom. The lowest BCUT2D eigenvalue weighted by molar-refractivity contribution is -0.121. The van der Waals surface area contributed by atoms with Crippen LogP contribution in [0.5, 0.6) is 0 Å². The van der Waals surface area contributed by atoms with E-state index in [1.54, 1.807) is 12.1 Å². The van der Waals surface area contributed by atoms with Gasteiger partial charge in [-0.25, -0.2) is 4.39 Å². The summed E-state index contributed by atoms with van der Waals surface area (Å²) in [6.45, 7) is 4.18. The quantitative estimate of drug-likeness (QED) is 0.523. The number of rotatable bonds is 2. The molecule has 1 N–H and O–H groups in total. The van der Waals surface area contributed by atoms with Crippen molar-refractivity contribution in [2.45, 2.75) is 26.2 Å². The van der Waals surface area contributed by atoms with Crippen molar-refractivity contribution in [3.05, 3.63) is 71.2 Å². The highest BCUT2D eigenvalue weighted by Crippen LogP contribution is 2.51. The van der Waals surface area contributed by atoms with E-state index in [0.29, 0.717) is 0 Å². The molecule has 0 spiro atoms. The van der Waals surface area contributed by atoms with Crippen molar-refractivity contribution in [2.24, 2.45) is 11.3 Å². The summed E-state index contributed by atoms with van der Waals surface area (Å²) in [7, 11) is 0. The molecule has 0 aliphatic heterocycles. The summed E-state index contributed by atoms with van der Waals surface area (Å²) in [6.07, 6.45) is 6.28. The molecule has 26 heavy (non-hydrogen) atoms. The second-order valence-corrected chi connectivity index (χ2v) is 7.74. The lowest BCUT2D eigenvalue weighted by Crippen LogP contribution is -2.41. The number of hydrogen-bond donors (Lipinski definition) is 1. The molecular formula is C23H20FNO. The summed E-state index contributed by atoms with van der Waals surface area (Å²) in [5, 5.41) is 1.18. The standard InChI is InChI=1S/C23H20FNO/c1-4-19(26)21-20(14-9-11-15(24)12-10-14)22-17(13-23(21,2)3)16-7-5-6-8-18(16)25-22/h1,5-12,20-21,25H,13H2,2-3H3/t20-,21-/m1/s1. The number of carbonyl (C=O) groups excluding carboxylic acids is 1. The second kappa shape index (κ2) is 5.85. The number of nitrogens with one attached hydrogen (secondary N) is 1. The van der Waals surface area contributed by atoms with E-state index in [0.717, 1.165) is 23.2 Å².